The van der Waals surface area contributed by atoms with Crippen molar-refractivity contribution >= 4 is 102 Å². The molecule has 13 aromatic rings. The number of rotatable bonds is 4. The number of hydrogen-bond acceptors (Lipinski definition) is 3. The van der Waals surface area contributed by atoms with Crippen LogP contribution in [0.5, 0.6) is 0 Å². The lowest BCUT2D eigenvalue weighted by Gasteiger charge is -2.25. The van der Waals surface area contributed by atoms with Crippen molar-refractivity contribution in [2.45, 2.75) is 0 Å². The van der Waals surface area contributed by atoms with Crippen LogP contribution in [0, 0.1) is 17.9 Å². The Morgan fingerprint density at radius 1 is 0.492 bits per heavy atom. The molecule has 4 aromatic heterocycles. The van der Waals surface area contributed by atoms with Gasteiger partial charge in [0.2, 0.25) is 5.69 Å². The lowest BCUT2D eigenvalue weighted by molar-refractivity contribution is 1.13. The van der Waals surface area contributed by atoms with Crippen LogP contribution in [0.15, 0.2) is 176 Å². The van der Waals surface area contributed by atoms with Crippen LogP contribution in [0.1, 0.15) is 5.56 Å². The minimum absolute atomic E-state index is 0.418. The van der Waals surface area contributed by atoms with E-state index >= 15 is 0 Å². The molecule has 0 fully saturated rings. The zero-order valence-corrected chi connectivity index (χ0v) is 33.2. The second-order valence-electron chi connectivity index (χ2n) is 15.6. The van der Waals surface area contributed by atoms with E-state index in [1.165, 1.54) is 20.2 Å². The standard InChI is InChI=1S/C55H29N5S/c1-57-53-48(32-15-4-2-5-16-32)41(31-56)54(59-42-24-10-8-19-34(42)39-30-47-40(29-45(39)59)35-20-9-11-27-46(35)61-47)49(33-17-6-3-7-18-33)55(53)60-43-25-12-21-36-37-23-14-28-58-52(37)38-22-13-26-44(60)51(38)50(36)43/h2-30H. The fourth-order valence-corrected chi connectivity index (χ4v) is 11.3. The summed E-state index contributed by atoms with van der Waals surface area (Å²) in [6, 6.07) is 61.8. The van der Waals surface area contributed by atoms with Crippen molar-refractivity contribution < 1.29 is 0 Å². The van der Waals surface area contributed by atoms with Crippen molar-refractivity contribution in [2.75, 3.05) is 0 Å². The van der Waals surface area contributed by atoms with Gasteiger partial charge in [-0.2, -0.15) is 5.26 Å². The summed E-state index contributed by atoms with van der Waals surface area (Å²) in [6.45, 7) is 9.17. The maximum absolute atomic E-state index is 11.7. The third-order valence-corrected chi connectivity index (χ3v) is 13.7. The van der Waals surface area contributed by atoms with Crippen LogP contribution in [-0.4, -0.2) is 14.1 Å². The van der Waals surface area contributed by atoms with E-state index in [0.717, 1.165) is 93.4 Å². The highest BCUT2D eigenvalue weighted by atomic mass is 32.1. The molecule has 0 unspecified atom stereocenters. The molecule has 0 N–H and O–H groups in total. The zero-order valence-electron chi connectivity index (χ0n) is 32.4. The number of nitrogens with zero attached hydrogens (tertiary/aromatic N) is 5. The van der Waals surface area contributed by atoms with E-state index in [2.05, 4.69) is 135 Å². The van der Waals surface area contributed by atoms with Crippen LogP contribution in [0.3, 0.4) is 0 Å². The number of fused-ring (bicyclic) bond motifs is 9. The number of hydrogen-bond donors (Lipinski definition) is 0. The molecular weight excluding hydrogens is 763 g/mol. The van der Waals surface area contributed by atoms with Crippen LogP contribution in [0.2, 0.25) is 0 Å². The summed E-state index contributed by atoms with van der Waals surface area (Å²) in [5, 5.41) is 21.8. The van der Waals surface area contributed by atoms with Gasteiger partial charge >= 0.3 is 0 Å². The third-order valence-electron chi connectivity index (χ3n) is 12.6. The molecular formula is C55H29N5S. The Morgan fingerprint density at radius 2 is 1.10 bits per heavy atom. The van der Waals surface area contributed by atoms with Crippen LogP contribution in [0.4, 0.5) is 5.69 Å². The average molecular weight is 792 g/mol. The maximum Gasteiger partial charge on any atom is 0.220 e. The third kappa shape index (κ3) is 4.49. The summed E-state index contributed by atoms with van der Waals surface area (Å²) < 4.78 is 7.06. The fraction of sp³-hybridized carbons (Fsp3) is 0. The highest BCUT2D eigenvalue weighted by molar-refractivity contribution is 7.25. The second kappa shape index (κ2) is 12.6. The summed E-state index contributed by atoms with van der Waals surface area (Å²) in [4.78, 5) is 9.42. The molecule has 5 nitrogen and oxygen atoms in total. The highest BCUT2D eigenvalue weighted by Crippen LogP contribution is 2.53. The molecule has 9 aromatic carbocycles. The minimum atomic E-state index is 0.418. The average Bonchev–Trinajstić information content (AvgIpc) is 3.97. The highest BCUT2D eigenvalue weighted by Gasteiger charge is 2.32. The molecule has 0 spiro atoms. The van der Waals surface area contributed by atoms with E-state index < -0.39 is 0 Å². The van der Waals surface area contributed by atoms with Gasteiger partial charge in [-0.25, -0.2) is 4.85 Å². The van der Waals surface area contributed by atoms with Crippen molar-refractivity contribution in [3.05, 3.63) is 193 Å². The van der Waals surface area contributed by atoms with Crippen molar-refractivity contribution in [2.24, 2.45) is 0 Å². The second-order valence-corrected chi connectivity index (χ2v) is 16.7. The minimum Gasteiger partial charge on any atom is -0.318 e. The smallest absolute Gasteiger partial charge is 0.220 e. The molecule has 13 rings (SSSR count). The molecule has 0 aliphatic rings. The summed E-state index contributed by atoms with van der Waals surface area (Å²) >= 11 is 1.81. The molecule has 0 saturated carbocycles. The van der Waals surface area contributed by atoms with E-state index in [0.29, 0.717) is 16.8 Å². The van der Waals surface area contributed by atoms with E-state index in [9.17, 15) is 5.26 Å². The van der Waals surface area contributed by atoms with Gasteiger partial charge in [0.1, 0.15) is 6.07 Å². The molecule has 0 bridgehead atoms. The lowest BCUT2D eigenvalue weighted by atomic mass is 9.88. The van der Waals surface area contributed by atoms with Crippen molar-refractivity contribution in [3.8, 4) is 39.7 Å². The first-order valence-corrected chi connectivity index (χ1v) is 21.0. The molecule has 0 aliphatic carbocycles. The molecule has 0 saturated heterocycles. The van der Waals surface area contributed by atoms with E-state index in [-0.39, 0.29) is 0 Å². The SMILES string of the molecule is [C-]#[N+]c1c(-c2ccccc2)c(C#N)c(-n2c3ccccc3c3cc4sc5ccccc5c4cc32)c(-c2ccccc2)c1-n1c2cccc3c4cccnc4c4cccc1c4c32. The quantitative estimate of drug-likeness (QED) is 0.132. The molecule has 61 heavy (non-hydrogen) atoms. The van der Waals surface area contributed by atoms with E-state index in [1.54, 1.807) is 11.3 Å². The summed E-state index contributed by atoms with van der Waals surface area (Å²) in [6.07, 6.45) is 1.86. The number of nitriles is 1. The Morgan fingerprint density at radius 3 is 1.85 bits per heavy atom. The van der Waals surface area contributed by atoms with Gasteiger partial charge in [-0.3, -0.25) is 4.98 Å². The molecule has 0 atom stereocenters. The van der Waals surface area contributed by atoms with Gasteiger partial charge in [0.15, 0.2) is 0 Å². The van der Waals surface area contributed by atoms with Gasteiger partial charge in [-0.15, -0.1) is 11.3 Å². The number of para-hydroxylation sites is 1. The molecule has 280 valence electrons. The molecule has 0 radical (unpaired) electrons. The van der Waals surface area contributed by atoms with Crippen molar-refractivity contribution in [1.29, 1.82) is 5.26 Å². The van der Waals surface area contributed by atoms with Gasteiger partial charge in [-0.1, -0.05) is 127 Å². The van der Waals surface area contributed by atoms with Gasteiger partial charge in [0, 0.05) is 69.8 Å². The normalized spacial score (nSPS) is 11.9. The zero-order chi connectivity index (χ0) is 40.3. The topological polar surface area (TPSA) is 50.9 Å². The van der Waals surface area contributed by atoms with Crippen LogP contribution in [-0.2, 0) is 0 Å². The molecule has 6 heteroatoms. The largest absolute Gasteiger partial charge is 0.318 e. The Kier molecular flexibility index (Phi) is 6.96. The van der Waals surface area contributed by atoms with E-state index in [1.807, 2.05) is 60.8 Å². The first-order valence-electron chi connectivity index (χ1n) is 20.2. The number of aromatic nitrogens is 3. The van der Waals surface area contributed by atoms with E-state index in [4.69, 9.17) is 11.6 Å². The number of thiophene rings is 1. The Balaban J connectivity index is 1.32. The summed E-state index contributed by atoms with van der Waals surface area (Å²) in [5.74, 6) is 0. The first kappa shape index (κ1) is 33.7. The van der Waals surface area contributed by atoms with Crippen LogP contribution < -0.4 is 0 Å². The van der Waals surface area contributed by atoms with Gasteiger partial charge < -0.3 is 9.13 Å². The Hall–Kier alpha value is -8.29. The Bertz CT molecular complexity index is 3980. The van der Waals surface area contributed by atoms with Crippen molar-refractivity contribution in [3.63, 3.8) is 0 Å². The van der Waals surface area contributed by atoms with Crippen LogP contribution >= 0.6 is 11.3 Å². The summed E-state index contributed by atoms with van der Waals surface area (Å²) in [5.41, 5.74) is 10.4. The predicted octanol–water partition coefficient (Wildman–Crippen LogP) is 15.1. The van der Waals surface area contributed by atoms with Gasteiger partial charge in [0.25, 0.3) is 0 Å². The molecule has 0 amide bonds. The number of benzene rings is 9. The van der Waals surface area contributed by atoms with Crippen molar-refractivity contribution in [1.82, 2.24) is 14.1 Å². The first-order chi connectivity index (χ1) is 30.2. The molecule has 0 aliphatic heterocycles. The Labute approximate surface area is 353 Å². The number of pyridine rings is 1. The fourth-order valence-electron chi connectivity index (χ4n) is 10.2. The molecule has 4 heterocycles. The van der Waals surface area contributed by atoms with Gasteiger partial charge in [0.05, 0.1) is 51.1 Å². The maximum atomic E-state index is 11.7. The summed E-state index contributed by atoms with van der Waals surface area (Å²) in [7, 11) is 0. The van der Waals surface area contributed by atoms with Gasteiger partial charge in [-0.05, 0) is 59.0 Å². The predicted molar refractivity (Wildman–Crippen MR) is 254 cm³/mol. The lowest BCUT2D eigenvalue weighted by Crippen LogP contribution is -2.08. The van der Waals surface area contributed by atoms with Crippen LogP contribution in [0.25, 0.3) is 124 Å². The monoisotopic (exact) mass is 791 g/mol.